The van der Waals surface area contributed by atoms with Gasteiger partial charge in [0.05, 0.1) is 12.5 Å². The van der Waals surface area contributed by atoms with Crippen molar-refractivity contribution >= 4 is 16.9 Å². The monoisotopic (exact) mass is 378 g/mol. The molecule has 0 saturated carbocycles. The minimum atomic E-state index is -0.109. The van der Waals surface area contributed by atoms with Crippen LogP contribution in [0.15, 0.2) is 59.0 Å². The largest absolute Gasteiger partial charge is 0.508 e. The van der Waals surface area contributed by atoms with E-state index in [0.29, 0.717) is 5.76 Å². The molecule has 1 fully saturated rings. The number of likely N-dealkylation sites (tertiary alicyclic amines) is 1. The summed E-state index contributed by atoms with van der Waals surface area (Å²) >= 11 is 0. The van der Waals surface area contributed by atoms with E-state index in [2.05, 4.69) is 4.90 Å². The molecule has 5 nitrogen and oxygen atoms in total. The number of phenolic OH excluding ortho intramolecular Hbond substituents is 1. The van der Waals surface area contributed by atoms with E-state index in [4.69, 9.17) is 4.42 Å². The van der Waals surface area contributed by atoms with Crippen molar-refractivity contribution in [3.63, 3.8) is 0 Å². The van der Waals surface area contributed by atoms with Gasteiger partial charge in [0, 0.05) is 19.0 Å². The van der Waals surface area contributed by atoms with E-state index < -0.39 is 0 Å². The second-order valence-electron chi connectivity index (χ2n) is 7.55. The van der Waals surface area contributed by atoms with Crippen molar-refractivity contribution < 1.29 is 14.3 Å². The standard InChI is InChI=1S/C23H26N2O3/c1-24(23(27)15-20-14-18-7-2-3-10-22(18)28-20)21(16-25-11-4-5-12-25)17-8-6-9-19(26)13-17/h2-3,6-10,13-14,21,26H,4-5,11-12,15-16H2,1H3/t21-/m1/s1. The van der Waals surface area contributed by atoms with Crippen molar-refractivity contribution in [1.82, 2.24) is 9.80 Å². The highest BCUT2D eigenvalue weighted by Gasteiger charge is 2.26. The Balaban J connectivity index is 1.54. The van der Waals surface area contributed by atoms with E-state index in [1.165, 1.54) is 12.8 Å². The van der Waals surface area contributed by atoms with Gasteiger partial charge in [-0.3, -0.25) is 4.79 Å². The van der Waals surface area contributed by atoms with Crippen LogP contribution >= 0.6 is 0 Å². The fourth-order valence-electron chi connectivity index (χ4n) is 3.96. The first-order valence-corrected chi connectivity index (χ1v) is 9.84. The summed E-state index contributed by atoms with van der Waals surface area (Å²) in [5, 5.41) is 10.9. The number of aromatic hydroxyl groups is 1. The van der Waals surface area contributed by atoms with Gasteiger partial charge in [-0.15, -0.1) is 0 Å². The van der Waals surface area contributed by atoms with E-state index in [1.807, 2.05) is 49.5 Å². The molecule has 1 aromatic heterocycles. The first kappa shape index (κ1) is 18.6. The van der Waals surface area contributed by atoms with Gasteiger partial charge in [0.15, 0.2) is 0 Å². The average molecular weight is 378 g/mol. The first-order valence-electron chi connectivity index (χ1n) is 9.84. The number of carbonyl (C=O) groups excluding carboxylic acids is 1. The molecule has 1 N–H and O–H groups in total. The zero-order chi connectivity index (χ0) is 19.5. The molecule has 2 heterocycles. The number of nitrogens with zero attached hydrogens (tertiary/aromatic N) is 2. The van der Waals surface area contributed by atoms with Gasteiger partial charge in [0.2, 0.25) is 5.91 Å². The van der Waals surface area contributed by atoms with Crippen LogP contribution in [0, 0.1) is 0 Å². The Kier molecular flexibility index (Phi) is 5.35. The second-order valence-corrected chi connectivity index (χ2v) is 7.55. The summed E-state index contributed by atoms with van der Waals surface area (Å²) in [6.07, 6.45) is 2.62. The summed E-state index contributed by atoms with van der Waals surface area (Å²) in [6.45, 7) is 2.88. The Hall–Kier alpha value is -2.79. The third-order valence-corrected chi connectivity index (χ3v) is 5.55. The molecule has 1 amide bonds. The van der Waals surface area contributed by atoms with Crippen LogP contribution in [-0.4, -0.2) is 47.5 Å². The van der Waals surface area contributed by atoms with Crippen LogP contribution in [0.2, 0.25) is 0 Å². The number of furan rings is 1. The van der Waals surface area contributed by atoms with Gasteiger partial charge in [-0.1, -0.05) is 30.3 Å². The van der Waals surface area contributed by atoms with E-state index in [0.717, 1.165) is 36.2 Å². The zero-order valence-electron chi connectivity index (χ0n) is 16.2. The van der Waals surface area contributed by atoms with E-state index in [9.17, 15) is 9.90 Å². The van der Waals surface area contributed by atoms with Crippen LogP contribution in [0.4, 0.5) is 0 Å². The summed E-state index contributed by atoms with van der Waals surface area (Å²) in [4.78, 5) is 17.2. The molecule has 4 rings (SSSR count). The molecule has 1 saturated heterocycles. The number of hydrogen-bond acceptors (Lipinski definition) is 4. The number of fused-ring (bicyclic) bond motifs is 1. The number of rotatable bonds is 6. The lowest BCUT2D eigenvalue weighted by molar-refractivity contribution is -0.132. The van der Waals surface area contributed by atoms with Gasteiger partial charge in [0.1, 0.15) is 17.1 Å². The molecule has 0 aliphatic carbocycles. The molecule has 0 radical (unpaired) electrons. The summed E-state index contributed by atoms with van der Waals surface area (Å²) in [5.74, 6) is 0.905. The summed E-state index contributed by atoms with van der Waals surface area (Å²) < 4.78 is 5.83. The third-order valence-electron chi connectivity index (χ3n) is 5.55. The van der Waals surface area contributed by atoms with Crippen molar-refractivity contribution in [3.8, 4) is 5.75 Å². The van der Waals surface area contributed by atoms with Gasteiger partial charge in [-0.2, -0.15) is 0 Å². The molecule has 0 bridgehead atoms. The van der Waals surface area contributed by atoms with Gasteiger partial charge in [0.25, 0.3) is 0 Å². The second kappa shape index (κ2) is 8.07. The van der Waals surface area contributed by atoms with Crippen LogP contribution in [0.5, 0.6) is 5.75 Å². The molecule has 1 atom stereocenters. The Bertz CT molecular complexity index is 926. The van der Waals surface area contributed by atoms with Crippen molar-refractivity contribution in [2.45, 2.75) is 25.3 Å². The van der Waals surface area contributed by atoms with Crippen LogP contribution in [-0.2, 0) is 11.2 Å². The lowest BCUT2D eigenvalue weighted by atomic mass is 10.0. The lowest BCUT2D eigenvalue weighted by Gasteiger charge is -2.32. The topological polar surface area (TPSA) is 56.9 Å². The zero-order valence-corrected chi connectivity index (χ0v) is 16.2. The normalized spacial score (nSPS) is 15.8. The minimum Gasteiger partial charge on any atom is -0.508 e. The highest BCUT2D eigenvalue weighted by atomic mass is 16.3. The van der Waals surface area contributed by atoms with Crippen molar-refractivity contribution in [1.29, 1.82) is 0 Å². The number of phenols is 1. The van der Waals surface area contributed by atoms with E-state index in [-0.39, 0.29) is 24.1 Å². The van der Waals surface area contributed by atoms with Gasteiger partial charge in [-0.05, 0) is 55.8 Å². The number of benzene rings is 2. The Morgan fingerprint density at radius 3 is 2.68 bits per heavy atom. The fraction of sp³-hybridized carbons (Fsp3) is 0.348. The van der Waals surface area contributed by atoms with E-state index >= 15 is 0 Å². The van der Waals surface area contributed by atoms with Crippen molar-refractivity contribution in [3.05, 3.63) is 65.9 Å². The number of para-hydroxylation sites is 1. The predicted molar refractivity (Wildman–Crippen MR) is 109 cm³/mol. The minimum absolute atomic E-state index is 0.00611. The van der Waals surface area contributed by atoms with Crippen molar-refractivity contribution in [2.75, 3.05) is 26.7 Å². The molecule has 0 unspecified atom stereocenters. The highest BCUT2D eigenvalue weighted by molar-refractivity contribution is 5.82. The van der Waals surface area contributed by atoms with Crippen molar-refractivity contribution in [2.24, 2.45) is 0 Å². The molecule has 5 heteroatoms. The molecular formula is C23H26N2O3. The molecule has 3 aromatic rings. The van der Waals surface area contributed by atoms with Crippen LogP contribution in [0.1, 0.15) is 30.2 Å². The van der Waals surface area contributed by atoms with Crippen LogP contribution in [0.3, 0.4) is 0 Å². The maximum Gasteiger partial charge on any atom is 0.230 e. The number of carbonyl (C=O) groups is 1. The molecule has 1 aliphatic heterocycles. The first-order chi connectivity index (χ1) is 13.6. The summed E-state index contributed by atoms with van der Waals surface area (Å²) in [5.41, 5.74) is 1.75. The van der Waals surface area contributed by atoms with Gasteiger partial charge < -0.3 is 19.3 Å². The molecule has 146 valence electrons. The third kappa shape index (κ3) is 4.04. The smallest absolute Gasteiger partial charge is 0.230 e. The Morgan fingerprint density at radius 2 is 1.93 bits per heavy atom. The quantitative estimate of drug-likeness (QED) is 0.705. The highest BCUT2D eigenvalue weighted by Crippen LogP contribution is 2.27. The molecule has 2 aromatic carbocycles. The Labute approximate surface area is 165 Å². The lowest BCUT2D eigenvalue weighted by Crippen LogP contribution is -2.39. The summed E-state index contributed by atoms with van der Waals surface area (Å²) in [6, 6.07) is 16.8. The molecule has 28 heavy (non-hydrogen) atoms. The molecular weight excluding hydrogens is 352 g/mol. The van der Waals surface area contributed by atoms with Gasteiger partial charge >= 0.3 is 0 Å². The van der Waals surface area contributed by atoms with E-state index in [1.54, 1.807) is 17.0 Å². The molecule has 0 spiro atoms. The number of likely N-dealkylation sites (N-methyl/N-ethyl adjacent to an activating group) is 1. The number of amides is 1. The predicted octanol–water partition coefficient (Wildman–Crippen LogP) is 3.98. The van der Waals surface area contributed by atoms with Gasteiger partial charge in [-0.25, -0.2) is 0 Å². The average Bonchev–Trinajstić information content (AvgIpc) is 3.34. The maximum atomic E-state index is 13.0. The maximum absolute atomic E-state index is 13.0. The SMILES string of the molecule is CN(C(=O)Cc1cc2ccccc2o1)[C@H](CN1CCCC1)c1cccc(O)c1. The fourth-order valence-corrected chi connectivity index (χ4v) is 3.96. The molecule has 1 aliphatic rings. The van der Waals surface area contributed by atoms with Crippen LogP contribution in [0.25, 0.3) is 11.0 Å². The summed E-state index contributed by atoms with van der Waals surface area (Å²) in [7, 11) is 1.84. The van der Waals surface area contributed by atoms with Crippen LogP contribution < -0.4 is 0 Å². The number of hydrogen-bond donors (Lipinski definition) is 1. The Morgan fingerprint density at radius 1 is 1.14 bits per heavy atom.